The van der Waals surface area contributed by atoms with E-state index in [1.54, 1.807) is 33.5 Å². The predicted molar refractivity (Wildman–Crippen MR) is 142 cm³/mol. The first-order chi connectivity index (χ1) is 17.0. The van der Waals surface area contributed by atoms with Crippen LogP contribution >= 0.6 is 0 Å². The van der Waals surface area contributed by atoms with Gasteiger partial charge in [-0.25, -0.2) is 0 Å². The fourth-order valence-corrected chi connectivity index (χ4v) is 5.74. The fraction of sp³-hybridized carbons (Fsp3) is 0.538. The van der Waals surface area contributed by atoms with E-state index in [9.17, 15) is 10.2 Å². The molecule has 0 amide bonds. The van der Waals surface area contributed by atoms with E-state index in [-0.39, 0.29) is 0 Å². The van der Waals surface area contributed by atoms with E-state index in [1.165, 1.54) is 0 Å². The second-order valence-corrected chi connectivity index (χ2v) is 11.6. The third-order valence-corrected chi connectivity index (χ3v) is 8.99. The van der Waals surface area contributed by atoms with Gasteiger partial charge in [-0.1, -0.05) is 36.4 Å². The molecule has 0 atom stereocenters. The Labute approximate surface area is 211 Å². The van der Waals surface area contributed by atoms with E-state index in [4.69, 9.17) is 13.3 Å². The van der Waals surface area contributed by atoms with Gasteiger partial charge in [0.15, 0.2) is 0 Å². The molecule has 0 radical (unpaired) electrons. The molecule has 35 heavy (non-hydrogen) atoms. The summed E-state index contributed by atoms with van der Waals surface area (Å²) in [6.45, 7) is 5.99. The van der Waals surface area contributed by atoms with E-state index in [2.05, 4.69) is 15.5 Å². The lowest BCUT2D eigenvalue weighted by molar-refractivity contribution is 0.121. The van der Waals surface area contributed by atoms with E-state index in [1.807, 2.05) is 36.4 Å². The predicted octanol–water partition coefficient (Wildman–Crippen LogP) is 3.33. The molecule has 0 saturated carbocycles. The van der Waals surface area contributed by atoms with E-state index in [0.717, 1.165) is 69.2 Å². The molecule has 0 unspecified atom stereocenters. The van der Waals surface area contributed by atoms with Crippen LogP contribution in [0.15, 0.2) is 48.5 Å². The lowest BCUT2D eigenvalue weighted by Gasteiger charge is -2.27. The fourth-order valence-electron chi connectivity index (χ4n) is 4.03. The molecule has 2 aromatic carbocycles. The highest BCUT2D eigenvalue weighted by Gasteiger charge is 2.37. The number of hydrogen-bond acceptors (Lipinski definition) is 8. The minimum absolute atomic E-state index is 0.333. The molecule has 4 N–H and O–H groups in total. The topological polar surface area (TPSA) is 95.5 Å². The molecule has 2 aromatic rings. The van der Waals surface area contributed by atoms with Crippen LogP contribution in [0, 0.1) is 0 Å². The number of benzene rings is 2. The lowest BCUT2D eigenvalue weighted by atomic mass is 10.2. The Kier molecular flexibility index (Phi) is 13.9. The number of phenols is 2. The van der Waals surface area contributed by atoms with Crippen LogP contribution < -0.4 is 10.6 Å². The van der Waals surface area contributed by atoms with Gasteiger partial charge in [0.1, 0.15) is 11.5 Å². The summed E-state index contributed by atoms with van der Waals surface area (Å²) in [7, 11) is 2.41. The van der Waals surface area contributed by atoms with Crippen molar-refractivity contribution in [3.8, 4) is 11.5 Å². The highest BCUT2D eigenvalue weighted by Crippen LogP contribution is 2.17. The SMILES string of the molecule is CO[Si](CCCN(CCCNCc1ccccc1O)CCCNCc1ccccc1O)(OC)OC. The van der Waals surface area contributed by atoms with Crippen LogP contribution in [0.3, 0.4) is 0 Å². The molecule has 0 heterocycles. The number of para-hydroxylation sites is 2. The van der Waals surface area contributed by atoms with Gasteiger partial charge in [0, 0.05) is 51.6 Å². The number of nitrogens with one attached hydrogen (secondary N) is 2. The van der Waals surface area contributed by atoms with Crippen molar-refractivity contribution in [3.63, 3.8) is 0 Å². The average Bonchev–Trinajstić information content (AvgIpc) is 2.88. The third kappa shape index (κ3) is 10.7. The summed E-state index contributed by atoms with van der Waals surface area (Å²) in [5.74, 6) is 0.667. The van der Waals surface area contributed by atoms with Gasteiger partial charge < -0.3 is 39.0 Å². The lowest BCUT2D eigenvalue weighted by Crippen LogP contribution is -2.43. The summed E-state index contributed by atoms with van der Waals surface area (Å²) in [5, 5.41) is 26.7. The normalized spacial score (nSPS) is 11.9. The molecular formula is C26H43N3O5Si. The second-order valence-electron chi connectivity index (χ2n) is 8.56. The Morgan fingerprint density at radius 2 is 1.11 bits per heavy atom. The van der Waals surface area contributed by atoms with Gasteiger partial charge in [0.25, 0.3) is 0 Å². The first-order valence-corrected chi connectivity index (χ1v) is 14.3. The number of nitrogens with zero attached hydrogens (tertiary/aromatic N) is 1. The van der Waals surface area contributed by atoms with Crippen LogP contribution in [0.4, 0.5) is 0 Å². The van der Waals surface area contributed by atoms with Crippen molar-refractivity contribution < 1.29 is 23.5 Å². The highest BCUT2D eigenvalue weighted by molar-refractivity contribution is 6.60. The second kappa shape index (κ2) is 16.6. The van der Waals surface area contributed by atoms with Crippen molar-refractivity contribution in [1.29, 1.82) is 0 Å². The van der Waals surface area contributed by atoms with Crippen molar-refractivity contribution in [2.45, 2.75) is 38.4 Å². The van der Waals surface area contributed by atoms with Crippen molar-refractivity contribution >= 4 is 8.80 Å². The first-order valence-electron chi connectivity index (χ1n) is 12.4. The Hall–Kier alpha value is -1.98. The Morgan fingerprint density at radius 3 is 1.54 bits per heavy atom. The molecule has 9 heteroatoms. The summed E-state index contributed by atoms with van der Waals surface area (Å²) in [5.41, 5.74) is 1.83. The maximum atomic E-state index is 9.91. The summed E-state index contributed by atoms with van der Waals surface area (Å²) < 4.78 is 16.7. The smallest absolute Gasteiger partial charge is 0.500 e. The average molecular weight is 506 g/mol. The first kappa shape index (κ1) is 29.2. The van der Waals surface area contributed by atoms with Crippen molar-refractivity contribution in [2.24, 2.45) is 0 Å². The van der Waals surface area contributed by atoms with Gasteiger partial charge >= 0.3 is 8.80 Å². The third-order valence-electron chi connectivity index (χ3n) is 6.16. The van der Waals surface area contributed by atoms with Crippen molar-refractivity contribution in [1.82, 2.24) is 15.5 Å². The number of phenolic OH excluding ortho intramolecular Hbond substituents is 2. The molecule has 0 aliphatic heterocycles. The van der Waals surface area contributed by atoms with E-state index in [0.29, 0.717) is 24.6 Å². The van der Waals surface area contributed by atoms with Crippen molar-refractivity contribution in [2.75, 3.05) is 54.1 Å². The van der Waals surface area contributed by atoms with Gasteiger partial charge in [-0.3, -0.25) is 0 Å². The van der Waals surface area contributed by atoms with Crippen LogP contribution in [-0.4, -0.2) is 78.0 Å². The Balaban J connectivity index is 1.75. The highest BCUT2D eigenvalue weighted by atomic mass is 28.4. The molecular weight excluding hydrogens is 462 g/mol. The molecule has 0 saturated heterocycles. The summed E-state index contributed by atoms with van der Waals surface area (Å²) in [6.07, 6.45) is 2.97. The van der Waals surface area contributed by atoms with Gasteiger partial charge in [-0.2, -0.15) is 0 Å². The van der Waals surface area contributed by atoms with Crippen LogP contribution in [-0.2, 0) is 26.4 Å². The molecule has 0 spiro atoms. The number of aromatic hydroxyl groups is 2. The van der Waals surface area contributed by atoms with Crippen LogP contribution in [0.2, 0.25) is 6.04 Å². The van der Waals surface area contributed by atoms with Crippen LogP contribution in [0.1, 0.15) is 30.4 Å². The summed E-state index contributed by atoms with van der Waals surface area (Å²) in [4.78, 5) is 2.48. The van der Waals surface area contributed by atoms with Gasteiger partial charge in [0.2, 0.25) is 0 Å². The van der Waals surface area contributed by atoms with Gasteiger partial charge in [-0.15, -0.1) is 0 Å². The minimum Gasteiger partial charge on any atom is -0.508 e. The Morgan fingerprint density at radius 1 is 0.686 bits per heavy atom. The van der Waals surface area contributed by atoms with E-state index >= 15 is 0 Å². The molecule has 0 aliphatic carbocycles. The van der Waals surface area contributed by atoms with Crippen molar-refractivity contribution in [3.05, 3.63) is 59.7 Å². The van der Waals surface area contributed by atoms with Crippen LogP contribution in [0.25, 0.3) is 0 Å². The molecule has 0 aromatic heterocycles. The zero-order valence-corrected chi connectivity index (χ0v) is 22.5. The summed E-state index contributed by atoms with van der Waals surface area (Å²) in [6, 6.07) is 15.6. The van der Waals surface area contributed by atoms with Gasteiger partial charge in [0.05, 0.1) is 0 Å². The number of hydrogen-bond donors (Lipinski definition) is 4. The molecule has 0 bridgehead atoms. The molecule has 8 nitrogen and oxygen atoms in total. The number of rotatable bonds is 19. The molecule has 196 valence electrons. The maximum Gasteiger partial charge on any atom is 0.500 e. The minimum atomic E-state index is -2.56. The van der Waals surface area contributed by atoms with Gasteiger partial charge in [-0.05, 0) is 64.1 Å². The monoisotopic (exact) mass is 505 g/mol. The quantitative estimate of drug-likeness (QED) is 0.171. The maximum absolute atomic E-state index is 9.91. The Bertz CT molecular complexity index is 774. The molecule has 0 aliphatic rings. The molecule has 0 fully saturated rings. The summed E-state index contributed by atoms with van der Waals surface area (Å²) >= 11 is 0. The standard InChI is InChI=1S/C26H43N3O5Si/c1-32-35(33-2,34-3)20-10-19-29(17-8-15-27-21-23-11-4-6-13-25(23)30)18-9-16-28-22-24-12-5-7-14-26(24)31/h4-7,11-14,27-28,30-31H,8-10,15-22H2,1-3H3. The molecule has 2 rings (SSSR count). The zero-order chi connectivity index (χ0) is 25.4. The van der Waals surface area contributed by atoms with Crippen LogP contribution in [0.5, 0.6) is 11.5 Å². The largest absolute Gasteiger partial charge is 0.508 e. The van der Waals surface area contributed by atoms with E-state index < -0.39 is 8.80 Å². The zero-order valence-electron chi connectivity index (χ0n) is 21.5.